The lowest BCUT2D eigenvalue weighted by molar-refractivity contribution is 0.419. The van der Waals surface area contributed by atoms with E-state index in [1.54, 1.807) is 0 Å². The third-order valence-corrected chi connectivity index (χ3v) is 2.15. The Hall–Kier alpha value is -0.520. The zero-order valence-electron chi connectivity index (χ0n) is 10.8. The van der Waals surface area contributed by atoms with Crippen molar-refractivity contribution in [1.82, 2.24) is 0 Å². The van der Waals surface area contributed by atoms with E-state index in [9.17, 15) is 0 Å². The van der Waals surface area contributed by atoms with Gasteiger partial charge in [-0.15, -0.1) is 0 Å². The topological polar surface area (TPSA) is 0 Å². The molecule has 0 unspecified atom stereocenters. The second kappa shape index (κ2) is 6.06. The molecule has 0 radical (unpaired) electrons. The fourth-order valence-corrected chi connectivity index (χ4v) is 1.17. The first kappa shape index (κ1) is 13.5. The highest BCUT2D eigenvalue weighted by Crippen LogP contribution is 2.20. The van der Waals surface area contributed by atoms with Gasteiger partial charge in [0.15, 0.2) is 0 Å². The summed E-state index contributed by atoms with van der Waals surface area (Å²) in [7, 11) is 0. The average Bonchev–Trinajstić information content (AvgIpc) is 1.99. The normalized spacial score (nSPS) is 12.9. The fraction of sp³-hybridized carbons (Fsp3) is 0.714. The lowest BCUT2D eigenvalue weighted by atomic mass is 9.91. The van der Waals surface area contributed by atoms with Crippen LogP contribution in [0.1, 0.15) is 60.8 Å². The van der Waals surface area contributed by atoms with Crippen molar-refractivity contribution in [2.24, 2.45) is 5.41 Å². The van der Waals surface area contributed by atoms with E-state index in [1.165, 1.54) is 30.4 Å². The van der Waals surface area contributed by atoms with Crippen LogP contribution in [0.2, 0.25) is 0 Å². The number of hydrogen-bond acceptors (Lipinski definition) is 0. The van der Waals surface area contributed by atoms with Gasteiger partial charge >= 0.3 is 0 Å². The van der Waals surface area contributed by atoms with E-state index < -0.39 is 0 Å². The molecule has 0 amide bonds. The van der Waals surface area contributed by atoms with Crippen molar-refractivity contribution < 1.29 is 0 Å². The first-order valence-electron chi connectivity index (χ1n) is 5.60. The van der Waals surface area contributed by atoms with Gasteiger partial charge in [0.2, 0.25) is 0 Å². The lowest BCUT2D eigenvalue weighted by Crippen LogP contribution is -2.02. The van der Waals surface area contributed by atoms with Crippen LogP contribution in [-0.4, -0.2) is 0 Å². The van der Waals surface area contributed by atoms with Crippen LogP contribution in [0.15, 0.2) is 23.3 Å². The monoisotopic (exact) mass is 194 g/mol. The Bertz CT molecular complexity index is 207. The summed E-state index contributed by atoms with van der Waals surface area (Å²) in [5.74, 6) is 0. The van der Waals surface area contributed by atoms with E-state index in [1.807, 2.05) is 0 Å². The molecule has 0 aliphatic heterocycles. The predicted molar refractivity (Wildman–Crippen MR) is 66.5 cm³/mol. The molecule has 0 atom stereocenters. The van der Waals surface area contributed by atoms with Crippen molar-refractivity contribution in [3.05, 3.63) is 23.3 Å². The van der Waals surface area contributed by atoms with Gasteiger partial charge in [-0.05, 0) is 45.4 Å². The Kier molecular flexibility index (Phi) is 5.83. The maximum Gasteiger partial charge on any atom is -0.0288 e. The van der Waals surface area contributed by atoms with Crippen molar-refractivity contribution in [3.63, 3.8) is 0 Å². The molecule has 0 saturated carbocycles. The van der Waals surface area contributed by atoms with Gasteiger partial charge in [-0.3, -0.25) is 0 Å². The van der Waals surface area contributed by atoms with Crippen molar-refractivity contribution in [2.75, 3.05) is 0 Å². The molecule has 0 rings (SSSR count). The van der Waals surface area contributed by atoms with Crippen LogP contribution in [0.5, 0.6) is 0 Å². The van der Waals surface area contributed by atoms with Gasteiger partial charge in [0, 0.05) is 0 Å². The lowest BCUT2D eigenvalue weighted by Gasteiger charge is -2.15. The molecular formula is C14H26. The smallest absolute Gasteiger partial charge is 0.0288 e. The third kappa shape index (κ3) is 9.57. The summed E-state index contributed by atoms with van der Waals surface area (Å²) in [4.78, 5) is 0. The maximum absolute atomic E-state index is 2.39. The first-order valence-corrected chi connectivity index (χ1v) is 5.60. The SMILES string of the molecule is CC(C)=CCC/C(C)=C\CC(C)(C)C. The zero-order chi connectivity index (χ0) is 11.2. The molecule has 0 aliphatic rings. The van der Waals surface area contributed by atoms with E-state index in [0.717, 1.165) is 0 Å². The molecule has 0 aromatic rings. The first-order chi connectivity index (χ1) is 6.31. The molecule has 0 bridgehead atoms. The molecule has 14 heavy (non-hydrogen) atoms. The Morgan fingerprint density at radius 3 is 2.00 bits per heavy atom. The second-order valence-electron chi connectivity index (χ2n) is 5.64. The van der Waals surface area contributed by atoms with Crippen LogP contribution >= 0.6 is 0 Å². The highest BCUT2D eigenvalue weighted by Gasteiger charge is 2.06. The van der Waals surface area contributed by atoms with Crippen LogP contribution in [0, 0.1) is 5.41 Å². The van der Waals surface area contributed by atoms with Crippen LogP contribution in [0.4, 0.5) is 0 Å². The van der Waals surface area contributed by atoms with Crippen molar-refractivity contribution in [1.29, 1.82) is 0 Å². The second-order valence-corrected chi connectivity index (χ2v) is 5.64. The van der Waals surface area contributed by atoms with Crippen LogP contribution in [0.3, 0.4) is 0 Å². The van der Waals surface area contributed by atoms with Crippen LogP contribution < -0.4 is 0 Å². The van der Waals surface area contributed by atoms with Crippen molar-refractivity contribution >= 4 is 0 Å². The number of rotatable bonds is 4. The molecule has 0 aliphatic carbocycles. The average molecular weight is 194 g/mol. The van der Waals surface area contributed by atoms with Crippen molar-refractivity contribution in [3.8, 4) is 0 Å². The summed E-state index contributed by atoms with van der Waals surface area (Å²) >= 11 is 0. The molecule has 0 nitrogen and oxygen atoms in total. The molecule has 82 valence electrons. The quantitative estimate of drug-likeness (QED) is 0.545. The summed E-state index contributed by atoms with van der Waals surface area (Å²) in [6, 6.07) is 0. The minimum Gasteiger partial charge on any atom is -0.0856 e. The zero-order valence-corrected chi connectivity index (χ0v) is 10.8. The van der Waals surface area contributed by atoms with Crippen molar-refractivity contribution in [2.45, 2.75) is 60.8 Å². The summed E-state index contributed by atoms with van der Waals surface area (Å²) < 4.78 is 0. The van der Waals surface area contributed by atoms with E-state index >= 15 is 0 Å². The van der Waals surface area contributed by atoms with Gasteiger partial charge in [-0.25, -0.2) is 0 Å². The minimum absolute atomic E-state index is 0.428. The Labute approximate surface area is 90.1 Å². The maximum atomic E-state index is 2.39. The number of allylic oxidation sites excluding steroid dienone is 4. The summed E-state index contributed by atoms with van der Waals surface area (Å²) in [5, 5.41) is 0. The van der Waals surface area contributed by atoms with Gasteiger partial charge in [-0.1, -0.05) is 44.1 Å². The van der Waals surface area contributed by atoms with E-state index in [0.29, 0.717) is 5.41 Å². The molecule has 0 heteroatoms. The standard InChI is InChI=1S/C14H26/c1-12(2)8-7-9-13(3)10-11-14(4,5)6/h8,10H,7,9,11H2,1-6H3/b13-10-. The Morgan fingerprint density at radius 1 is 1.00 bits per heavy atom. The van der Waals surface area contributed by atoms with Gasteiger partial charge in [0.1, 0.15) is 0 Å². The minimum atomic E-state index is 0.428. The summed E-state index contributed by atoms with van der Waals surface area (Å²) in [5.41, 5.74) is 3.38. The van der Waals surface area contributed by atoms with E-state index in [4.69, 9.17) is 0 Å². The van der Waals surface area contributed by atoms with E-state index in [2.05, 4.69) is 53.7 Å². The summed E-state index contributed by atoms with van der Waals surface area (Å²) in [6.45, 7) is 13.4. The molecular weight excluding hydrogens is 168 g/mol. The van der Waals surface area contributed by atoms with E-state index in [-0.39, 0.29) is 0 Å². The van der Waals surface area contributed by atoms with Gasteiger partial charge in [0.05, 0.1) is 0 Å². The van der Waals surface area contributed by atoms with Gasteiger partial charge in [0.25, 0.3) is 0 Å². The summed E-state index contributed by atoms with van der Waals surface area (Å²) in [6.07, 6.45) is 8.29. The highest BCUT2D eigenvalue weighted by molar-refractivity contribution is 5.03. The highest BCUT2D eigenvalue weighted by atomic mass is 14.1. The largest absolute Gasteiger partial charge is 0.0856 e. The van der Waals surface area contributed by atoms with Crippen LogP contribution in [-0.2, 0) is 0 Å². The molecule has 0 heterocycles. The molecule has 0 aromatic heterocycles. The third-order valence-electron chi connectivity index (χ3n) is 2.15. The molecule has 0 fully saturated rings. The molecule has 0 saturated heterocycles. The van der Waals surface area contributed by atoms with Crippen LogP contribution in [0.25, 0.3) is 0 Å². The number of hydrogen-bond donors (Lipinski definition) is 0. The Balaban J connectivity index is 3.85. The Morgan fingerprint density at radius 2 is 1.57 bits per heavy atom. The molecule has 0 N–H and O–H groups in total. The molecule has 0 spiro atoms. The van der Waals surface area contributed by atoms with Gasteiger partial charge < -0.3 is 0 Å². The fourth-order valence-electron chi connectivity index (χ4n) is 1.17. The molecule has 0 aromatic carbocycles. The van der Waals surface area contributed by atoms with Gasteiger partial charge in [-0.2, -0.15) is 0 Å². The predicted octanol–water partition coefficient (Wildman–Crippen LogP) is 5.12.